The van der Waals surface area contributed by atoms with Gasteiger partial charge in [0.1, 0.15) is 11.7 Å². The minimum Gasteiger partial charge on any atom is -0.383 e. The Morgan fingerprint density at radius 3 is 2.03 bits per heavy atom. The summed E-state index contributed by atoms with van der Waals surface area (Å²) >= 11 is 0. The molecule has 5 atom stereocenters. The molecule has 8 heteroatoms. The predicted octanol–water partition coefficient (Wildman–Crippen LogP) is 3.39. The van der Waals surface area contributed by atoms with Gasteiger partial charge in [0.05, 0.1) is 18.7 Å². The number of carbonyl (C=O) groups excluding carboxylic acids is 4. The van der Waals surface area contributed by atoms with E-state index >= 15 is 0 Å². The summed E-state index contributed by atoms with van der Waals surface area (Å²) in [4.78, 5) is 52.7. The lowest BCUT2D eigenvalue weighted by Crippen LogP contribution is -2.50. The fourth-order valence-corrected chi connectivity index (χ4v) is 4.57. The van der Waals surface area contributed by atoms with Crippen molar-refractivity contribution in [3.63, 3.8) is 0 Å². The van der Waals surface area contributed by atoms with E-state index in [1.807, 2.05) is 65.0 Å². The molecule has 212 valence electrons. The highest BCUT2D eigenvalue weighted by Gasteiger charge is 2.50. The van der Waals surface area contributed by atoms with Crippen molar-refractivity contribution >= 4 is 23.4 Å². The van der Waals surface area contributed by atoms with E-state index in [1.54, 1.807) is 6.92 Å². The van der Waals surface area contributed by atoms with Crippen molar-refractivity contribution in [2.24, 2.45) is 17.8 Å². The van der Waals surface area contributed by atoms with Gasteiger partial charge in [0, 0.05) is 12.3 Å². The zero-order valence-electron chi connectivity index (χ0n) is 23.8. The van der Waals surface area contributed by atoms with E-state index in [4.69, 9.17) is 4.74 Å². The van der Waals surface area contributed by atoms with Gasteiger partial charge >= 0.3 is 0 Å². The Morgan fingerprint density at radius 1 is 0.947 bits per heavy atom. The standard InChI is InChI=1S/C30H46N2O6/c1-7-11-25(33)29(37)31-23(14-19(2)3)26(34)17-22(16-21-12-9-8-10-13-21)28(36)32-24(15-20(4)5)27(35)30(6)18-38-30/h8-10,12-13,19-20,22-25,33H,7,11,14-18H2,1-6H3,(H,31,37)(H,32,36)/t22-,23+,24+,25+,30-/m1/s1. The first-order valence-corrected chi connectivity index (χ1v) is 13.9. The third kappa shape index (κ3) is 9.95. The van der Waals surface area contributed by atoms with Crippen LogP contribution in [-0.4, -0.2) is 58.9 Å². The summed E-state index contributed by atoms with van der Waals surface area (Å²) in [6.45, 7) is 11.8. The second-order valence-corrected chi connectivity index (χ2v) is 11.6. The average Bonchev–Trinajstić information content (AvgIpc) is 3.60. The number of rotatable bonds is 17. The van der Waals surface area contributed by atoms with Gasteiger partial charge < -0.3 is 20.5 Å². The summed E-state index contributed by atoms with van der Waals surface area (Å²) < 4.78 is 5.35. The Bertz CT molecular complexity index is 941. The van der Waals surface area contributed by atoms with Crippen LogP contribution in [0.2, 0.25) is 0 Å². The van der Waals surface area contributed by atoms with Crippen molar-refractivity contribution in [1.29, 1.82) is 0 Å². The van der Waals surface area contributed by atoms with Crippen LogP contribution in [0.4, 0.5) is 0 Å². The monoisotopic (exact) mass is 530 g/mol. The van der Waals surface area contributed by atoms with E-state index in [1.165, 1.54) is 0 Å². The Balaban J connectivity index is 2.25. The van der Waals surface area contributed by atoms with E-state index in [2.05, 4.69) is 10.6 Å². The first-order chi connectivity index (χ1) is 17.9. The van der Waals surface area contributed by atoms with Crippen molar-refractivity contribution in [3.05, 3.63) is 35.9 Å². The summed E-state index contributed by atoms with van der Waals surface area (Å²) in [6, 6.07) is 7.90. The van der Waals surface area contributed by atoms with Crippen LogP contribution in [0, 0.1) is 17.8 Å². The van der Waals surface area contributed by atoms with Crippen LogP contribution in [0.5, 0.6) is 0 Å². The number of aliphatic hydroxyl groups is 1. The molecule has 1 aromatic rings. The van der Waals surface area contributed by atoms with Gasteiger partial charge in [0.15, 0.2) is 11.6 Å². The average molecular weight is 531 g/mol. The molecule has 0 aliphatic carbocycles. The highest BCUT2D eigenvalue weighted by Crippen LogP contribution is 2.30. The molecular formula is C30H46N2O6. The molecule has 2 rings (SSSR count). The lowest BCUT2D eigenvalue weighted by molar-refractivity contribution is -0.136. The SMILES string of the molecule is CCC[C@H](O)C(=O)N[C@@H](CC(C)C)C(=O)C[C@@H](Cc1ccccc1)C(=O)N[C@@H](CC(C)C)C(=O)[C@@]1(C)CO1. The molecule has 1 aliphatic rings. The van der Waals surface area contributed by atoms with Gasteiger partial charge in [0.25, 0.3) is 0 Å². The summed E-state index contributed by atoms with van der Waals surface area (Å²) in [6.07, 6.45) is 0.844. The van der Waals surface area contributed by atoms with Crippen molar-refractivity contribution < 1.29 is 29.0 Å². The number of benzene rings is 1. The normalized spacial score (nSPS) is 19.9. The summed E-state index contributed by atoms with van der Waals surface area (Å²) in [5, 5.41) is 15.8. The zero-order valence-corrected chi connectivity index (χ0v) is 23.8. The lowest BCUT2D eigenvalue weighted by atomic mass is 9.87. The fraction of sp³-hybridized carbons (Fsp3) is 0.667. The van der Waals surface area contributed by atoms with Crippen molar-refractivity contribution in [1.82, 2.24) is 10.6 Å². The second kappa shape index (κ2) is 14.5. The molecule has 1 aromatic carbocycles. The smallest absolute Gasteiger partial charge is 0.249 e. The molecule has 2 amide bonds. The summed E-state index contributed by atoms with van der Waals surface area (Å²) in [5.41, 5.74) is 0.0243. The van der Waals surface area contributed by atoms with Crippen molar-refractivity contribution in [2.75, 3.05) is 6.61 Å². The first-order valence-electron chi connectivity index (χ1n) is 13.9. The quantitative estimate of drug-likeness (QED) is 0.265. The van der Waals surface area contributed by atoms with E-state index < -0.39 is 35.6 Å². The molecule has 0 aromatic heterocycles. The van der Waals surface area contributed by atoms with Gasteiger partial charge in [-0.05, 0) is 50.0 Å². The van der Waals surface area contributed by atoms with Crippen LogP contribution in [-0.2, 0) is 30.3 Å². The van der Waals surface area contributed by atoms with Crippen LogP contribution in [0.3, 0.4) is 0 Å². The lowest BCUT2D eigenvalue weighted by Gasteiger charge is -2.26. The van der Waals surface area contributed by atoms with Crippen LogP contribution in [0.25, 0.3) is 0 Å². The molecule has 1 fully saturated rings. The third-order valence-electron chi connectivity index (χ3n) is 6.86. The number of Topliss-reactive ketones (excluding diaryl/α,β-unsaturated/α-hetero) is 2. The van der Waals surface area contributed by atoms with Crippen LogP contribution in [0.1, 0.15) is 79.2 Å². The molecule has 0 unspecified atom stereocenters. The molecule has 0 saturated carbocycles. The minimum atomic E-state index is -1.18. The third-order valence-corrected chi connectivity index (χ3v) is 6.86. The summed E-state index contributed by atoms with van der Waals surface area (Å²) in [5.74, 6) is -1.81. The second-order valence-electron chi connectivity index (χ2n) is 11.6. The van der Waals surface area contributed by atoms with Gasteiger partial charge in [-0.25, -0.2) is 0 Å². The molecular weight excluding hydrogens is 484 g/mol. The Morgan fingerprint density at radius 2 is 1.50 bits per heavy atom. The number of ether oxygens (including phenoxy) is 1. The van der Waals surface area contributed by atoms with E-state index in [0.717, 1.165) is 5.56 Å². The van der Waals surface area contributed by atoms with Crippen LogP contribution < -0.4 is 10.6 Å². The van der Waals surface area contributed by atoms with Crippen LogP contribution in [0.15, 0.2) is 30.3 Å². The molecule has 0 bridgehead atoms. The Hall–Kier alpha value is -2.58. The number of hydrogen-bond acceptors (Lipinski definition) is 6. The fourth-order valence-electron chi connectivity index (χ4n) is 4.57. The maximum atomic E-state index is 13.6. The molecule has 1 heterocycles. The molecule has 1 aliphatic heterocycles. The molecule has 0 radical (unpaired) electrons. The molecule has 0 spiro atoms. The highest BCUT2D eigenvalue weighted by atomic mass is 16.6. The van der Waals surface area contributed by atoms with Gasteiger partial charge in [-0.15, -0.1) is 0 Å². The number of nitrogens with one attached hydrogen (secondary N) is 2. The number of aliphatic hydroxyl groups excluding tert-OH is 1. The van der Waals surface area contributed by atoms with Crippen LogP contribution >= 0.6 is 0 Å². The van der Waals surface area contributed by atoms with Crippen molar-refractivity contribution in [3.8, 4) is 0 Å². The number of ketones is 2. The van der Waals surface area contributed by atoms with Gasteiger partial charge in [0.2, 0.25) is 11.8 Å². The Kier molecular flexibility index (Phi) is 12.1. The number of hydrogen-bond donors (Lipinski definition) is 3. The number of carbonyl (C=O) groups is 4. The Labute approximate surface area is 227 Å². The largest absolute Gasteiger partial charge is 0.383 e. The van der Waals surface area contributed by atoms with Gasteiger partial charge in [-0.3, -0.25) is 19.2 Å². The van der Waals surface area contributed by atoms with E-state index in [9.17, 15) is 24.3 Å². The van der Waals surface area contributed by atoms with Gasteiger partial charge in [-0.2, -0.15) is 0 Å². The van der Waals surface area contributed by atoms with Gasteiger partial charge in [-0.1, -0.05) is 71.4 Å². The molecule has 1 saturated heterocycles. The summed E-state index contributed by atoms with van der Waals surface area (Å²) in [7, 11) is 0. The molecule has 38 heavy (non-hydrogen) atoms. The maximum absolute atomic E-state index is 13.6. The van der Waals surface area contributed by atoms with E-state index in [-0.39, 0.29) is 35.7 Å². The number of epoxide rings is 1. The van der Waals surface area contributed by atoms with Crippen molar-refractivity contribution in [2.45, 2.75) is 104 Å². The molecule has 8 nitrogen and oxygen atoms in total. The minimum absolute atomic E-state index is 0.0986. The topological polar surface area (TPSA) is 125 Å². The molecule has 3 N–H and O–H groups in total. The van der Waals surface area contributed by atoms with E-state index in [0.29, 0.717) is 38.7 Å². The highest BCUT2D eigenvalue weighted by molar-refractivity contribution is 5.98. The first kappa shape index (κ1) is 31.6. The number of amides is 2. The maximum Gasteiger partial charge on any atom is 0.249 e. The zero-order chi connectivity index (χ0) is 28.5. The predicted molar refractivity (Wildman–Crippen MR) is 146 cm³/mol.